The Balaban J connectivity index is 0.883. The van der Waals surface area contributed by atoms with E-state index in [1.807, 2.05) is 29.2 Å². The number of aldehydes is 2. The van der Waals surface area contributed by atoms with Gasteiger partial charge in [-0.15, -0.1) is 5.11 Å². The summed E-state index contributed by atoms with van der Waals surface area (Å²) in [5, 5.41) is 22.3. The maximum atomic E-state index is 15.6. The number of hydrogen-bond donors (Lipinski definition) is 3. The van der Waals surface area contributed by atoms with Crippen LogP contribution in [0.4, 0.5) is 10.1 Å². The van der Waals surface area contributed by atoms with Gasteiger partial charge < -0.3 is 39.9 Å². The van der Waals surface area contributed by atoms with Gasteiger partial charge in [0.25, 0.3) is 5.91 Å². The van der Waals surface area contributed by atoms with Gasteiger partial charge in [0.2, 0.25) is 5.91 Å². The molecule has 16 heteroatoms. The van der Waals surface area contributed by atoms with Crippen molar-refractivity contribution in [3.63, 3.8) is 0 Å². The van der Waals surface area contributed by atoms with E-state index >= 15 is 4.39 Å². The summed E-state index contributed by atoms with van der Waals surface area (Å²) in [5.41, 5.74) is 2.38. The number of rotatable bonds is 14. The number of nitrogens with one attached hydrogen (secondary N) is 2. The van der Waals surface area contributed by atoms with Gasteiger partial charge in [-0.1, -0.05) is 22.5 Å². The highest BCUT2D eigenvalue weighted by Gasteiger charge is 2.46. The van der Waals surface area contributed by atoms with Crippen molar-refractivity contribution < 1.29 is 32.8 Å². The molecule has 2 amide bonds. The first-order valence-electron chi connectivity index (χ1n) is 20.1. The summed E-state index contributed by atoms with van der Waals surface area (Å²) in [7, 11) is 2.85. The summed E-state index contributed by atoms with van der Waals surface area (Å²) >= 11 is 0. The number of carbonyl (C=O) groups excluding carboxylic acids is 4. The molecule has 0 bridgehead atoms. The first-order chi connectivity index (χ1) is 28.5. The van der Waals surface area contributed by atoms with Crippen molar-refractivity contribution >= 4 is 46.8 Å². The summed E-state index contributed by atoms with van der Waals surface area (Å²) < 4.78 is 27.8. The molecule has 4 aromatic rings. The van der Waals surface area contributed by atoms with Gasteiger partial charge in [0.1, 0.15) is 35.5 Å². The molecule has 1 unspecified atom stereocenters. The lowest BCUT2D eigenvalue weighted by Crippen LogP contribution is -2.58. The molecule has 1 atom stereocenters. The van der Waals surface area contributed by atoms with Gasteiger partial charge in [-0.05, 0) is 93.3 Å². The second-order valence-electron chi connectivity index (χ2n) is 16.1. The molecule has 15 nitrogen and oxygen atoms in total. The normalized spacial score (nSPS) is 17.8. The zero-order chi connectivity index (χ0) is 41.7. The number of amides is 2. The van der Waals surface area contributed by atoms with E-state index in [0.29, 0.717) is 54.1 Å². The number of benzene rings is 3. The average molecular weight is 808 g/mol. The molecule has 2 aliphatic heterocycles. The monoisotopic (exact) mass is 807 g/mol. The Morgan fingerprint density at radius 3 is 2.58 bits per heavy atom. The van der Waals surface area contributed by atoms with Crippen molar-refractivity contribution in [2.24, 2.45) is 27.5 Å². The molecule has 4 N–H and O–H groups in total. The molecule has 59 heavy (non-hydrogen) atoms. The quantitative estimate of drug-likeness (QED) is 0.0349. The van der Waals surface area contributed by atoms with E-state index in [2.05, 4.69) is 25.7 Å². The largest absolute Gasteiger partial charge is 0.490 e. The van der Waals surface area contributed by atoms with Gasteiger partial charge in [0.05, 0.1) is 16.6 Å². The Hall–Kier alpha value is -6.03. The minimum absolute atomic E-state index is 0.0538. The average Bonchev–Trinajstić information content (AvgIpc) is 3.67. The summed E-state index contributed by atoms with van der Waals surface area (Å²) in [6.45, 7) is 4.34. The number of likely N-dealkylation sites (N-methyl/N-ethyl adjacent to an activating group) is 2. The minimum atomic E-state index is -0.939. The van der Waals surface area contributed by atoms with E-state index in [0.717, 1.165) is 85.8 Å². The van der Waals surface area contributed by atoms with Crippen molar-refractivity contribution in [2.45, 2.75) is 63.5 Å². The Labute approximate surface area is 341 Å². The van der Waals surface area contributed by atoms with Crippen LogP contribution in [-0.2, 0) is 9.59 Å². The summed E-state index contributed by atoms with van der Waals surface area (Å²) in [4.78, 5) is 54.6. The van der Waals surface area contributed by atoms with Crippen molar-refractivity contribution in [2.75, 3.05) is 51.7 Å². The van der Waals surface area contributed by atoms with E-state index in [4.69, 9.17) is 20.5 Å². The molecule has 1 saturated carbocycles. The van der Waals surface area contributed by atoms with Crippen LogP contribution in [0, 0.1) is 22.6 Å². The maximum Gasteiger partial charge on any atom is 0.255 e. The number of likely N-dealkylation sites (tertiary alicyclic amines) is 1. The first kappa shape index (κ1) is 41.1. The van der Waals surface area contributed by atoms with E-state index in [1.165, 1.54) is 20.2 Å². The van der Waals surface area contributed by atoms with Crippen LogP contribution < -0.4 is 20.8 Å². The van der Waals surface area contributed by atoms with Crippen LogP contribution in [0.3, 0.4) is 0 Å². The Bertz CT molecular complexity index is 2240. The molecule has 1 aromatic heterocycles. The lowest BCUT2D eigenvalue weighted by Gasteiger charge is -2.55. The summed E-state index contributed by atoms with van der Waals surface area (Å²) in [6.07, 6.45) is 7.65. The SMILES string of the molecule is CNC(=O)C(CCC=O)N(C)C(=O)c1cc(F)c(N2CC3(CCC(CN4CCC(Oc5cccc(-c6onc7ccc(C(=N)N=NN)cc67)c5)CC4)CC3)C2)cc1C=O. The van der Waals surface area contributed by atoms with Crippen LogP contribution in [0.1, 0.15) is 77.6 Å². The number of piperidine rings is 1. The predicted octanol–water partition coefficient (Wildman–Crippen LogP) is 5.80. The highest BCUT2D eigenvalue weighted by molar-refractivity contribution is 6.04. The minimum Gasteiger partial charge on any atom is -0.490 e. The number of nitrogens with zero attached hydrogens (tertiary/aromatic N) is 6. The fraction of sp³-hybridized carbons (Fsp3) is 0.442. The zero-order valence-electron chi connectivity index (χ0n) is 33.4. The molecule has 310 valence electrons. The van der Waals surface area contributed by atoms with Crippen molar-refractivity contribution in [3.8, 4) is 17.1 Å². The maximum absolute atomic E-state index is 15.6. The molecular weight excluding hydrogens is 758 g/mol. The number of nitrogens with two attached hydrogens (primary N) is 1. The molecule has 1 spiro atoms. The molecule has 0 radical (unpaired) electrons. The highest BCUT2D eigenvalue weighted by atomic mass is 19.1. The molecule has 2 saturated heterocycles. The number of ether oxygens (including phenoxy) is 1. The van der Waals surface area contributed by atoms with Gasteiger partial charge >= 0.3 is 0 Å². The number of anilines is 1. The van der Waals surface area contributed by atoms with Crippen LogP contribution >= 0.6 is 0 Å². The Morgan fingerprint density at radius 1 is 1.12 bits per heavy atom. The predicted molar refractivity (Wildman–Crippen MR) is 219 cm³/mol. The second-order valence-corrected chi connectivity index (χ2v) is 16.1. The van der Waals surface area contributed by atoms with Crippen LogP contribution in [0.5, 0.6) is 5.75 Å². The Kier molecular flexibility index (Phi) is 12.4. The summed E-state index contributed by atoms with van der Waals surface area (Å²) in [6, 6.07) is 14.7. The third-order valence-electron chi connectivity index (χ3n) is 12.3. The van der Waals surface area contributed by atoms with Gasteiger partial charge in [-0.2, -0.15) is 0 Å². The third-order valence-corrected chi connectivity index (χ3v) is 12.3. The first-order valence-corrected chi connectivity index (χ1v) is 20.1. The number of aromatic nitrogens is 1. The summed E-state index contributed by atoms with van der Waals surface area (Å²) in [5.74, 6) is 5.31. The van der Waals surface area contributed by atoms with E-state index in [1.54, 1.807) is 18.2 Å². The van der Waals surface area contributed by atoms with E-state index < -0.39 is 23.7 Å². The molecule has 3 aromatic carbocycles. The number of fused-ring (bicyclic) bond motifs is 1. The van der Waals surface area contributed by atoms with E-state index in [9.17, 15) is 19.2 Å². The van der Waals surface area contributed by atoms with Crippen LogP contribution in [0.25, 0.3) is 22.2 Å². The topological polar surface area (TPSA) is 200 Å². The highest BCUT2D eigenvalue weighted by Crippen LogP contribution is 2.48. The fourth-order valence-electron chi connectivity index (χ4n) is 8.94. The van der Waals surface area contributed by atoms with Gasteiger partial charge in [-0.3, -0.25) is 19.8 Å². The van der Waals surface area contributed by atoms with Gasteiger partial charge in [0.15, 0.2) is 17.9 Å². The Morgan fingerprint density at radius 2 is 1.88 bits per heavy atom. The number of hydrogen-bond acceptors (Lipinski definition) is 11. The lowest BCUT2D eigenvalue weighted by atomic mass is 9.65. The smallest absolute Gasteiger partial charge is 0.255 e. The molecular formula is C43H50FN9O6. The fourth-order valence-corrected chi connectivity index (χ4v) is 8.94. The molecule has 3 fully saturated rings. The molecule has 3 heterocycles. The van der Waals surface area contributed by atoms with Crippen LogP contribution in [0.2, 0.25) is 0 Å². The van der Waals surface area contributed by atoms with Crippen LogP contribution in [0.15, 0.2) is 69.5 Å². The molecule has 7 rings (SSSR count). The second kappa shape index (κ2) is 17.9. The van der Waals surface area contributed by atoms with Crippen molar-refractivity contribution in [3.05, 3.63) is 77.1 Å². The van der Waals surface area contributed by atoms with Gasteiger partial charge in [0, 0.05) is 75.3 Å². The standard InChI is InChI=1S/C43H50FN9O6/c1-47-41(56)37(7-4-18-54)51(2)42(57)33-22-35(44)38(21-30(33)24-55)53-25-43(26-53)14-10-27(11-15-43)23-52-16-12-31(13-17-52)58-32-6-3-5-28(19-32)39-34-20-29(40(45)48-50-46)8-9-36(34)49-59-39/h3,5-6,8-9,18-22,24,27,31,37H,4,7,10-17,23,25-26H2,1-2H3,(H,47,56)(H3,45,46,48). The third kappa shape index (κ3) is 8.87. The zero-order valence-corrected chi connectivity index (χ0v) is 33.4. The number of carbonyl (C=O) groups is 4. The number of amidine groups is 1. The molecule has 3 aliphatic rings. The lowest BCUT2D eigenvalue weighted by molar-refractivity contribution is -0.125. The van der Waals surface area contributed by atoms with Gasteiger partial charge in [-0.25, -0.2) is 4.39 Å². The van der Waals surface area contributed by atoms with E-state index in [-0.39, 0.29) is 41.3 Å². The van der Waals surface area contributed by atoms with Crippen LogP contribution in [-0.4, -0.2) is 104 Å². The number of halogens is 1. The van der Waals surface area contributed by atoms with Crippen molar-refractivity contribution in [1.82, 2.24) is 20.3 Å². The van der Waals surface area contributed by atoms with Crippen molar-refractivity contribution in [1.29, 1.82) is 5.41 Å². The molecule has 1 aliphatic carbocycles.